The molecule has 0 aromatic rings. The Hall–Kier alpha value is -0.0800. The van der Waals surface area contributed by atoms with Crippen molar-refractivity contribution in [3.8, 4) is 0 Å². The number of rotatable bonds is 2. The Morgan fingerprint density at radius 1 is 1.27 bits per heavy atom. The number of likely N-dealkylation sites (N-methyl/N-ethyl adjacent to an activating group) is 1. The summed E-state index contributed by atoms with van der Waals surface area (Å²) in [5.74, 6) is 0. The number of likely N-dealkylation sites (tertiary alicyclic amines) is 2. The topological polar surface area (TPSA) is 6.48 Å². The largest absolute Gasteiger partial charge is 0.301 e. The molecule has 2 heterocycles. The highest BCUT2D eigenvalue weighted by Crippen LogP contribution is 2.28. The number of piperazine rings is 1. The van der Waals surface area contributed by atoms with Crippen molar-refractivity contribution < 1.29 is 0 Å². The first-order valence-electron chi connectivity index (χ1n) is 4.75. The van der Waals surface area contributed by atoms with Crippen LogP contribution in [-0.2, 0) is 0 Å². The standard InChI is InChI=1S/C9H18N2/c1-3-4-11-7-8-5-9(11)6-10(8)2/h8-9H,3-7H2,1-2H3/t8-,9?/m1/s1. The lowest BCUT2D eigenvalue weighted by atomic mass is 10.2. The van der Waals surface area contributed by atoms with Gasteiger partial charge in [0.05, 0.1) is 0 Å². The molecule has 0 aromatic carbocycles. The van der Waals surface area contributed by atoms with Crippen molar-refractivity contribution >= 4 is 0 Å². The van der Waals surface area contributed by atoms with Crippen LogP contribution in [0.1, 0.15) is 19.8 Å². The van der Waals surface area contributed by atoms with Crippen LogP contribution in [0.5, 0.6) is 0 Å². The molecule has 11 heavy (non-hydrogen) atoms. The molecule has 1 unspecified atom stereocenters. The van der Waals surface area contributed by atoms with Gasteiger partial charge in [-0.15, -0.1) is 0 Å². The molecule has 2 rings (SSSR count). The van der Waals surface area contributed by atoms with Gasteiger partial charge in [0.1, 0.15) is 0 Å². The third kappa shape index (κ3) is 1.18. The summed E-state index contributed by atoms with van der Waals surface area (Å²) in [5.41, 5.74) is 0. The van der Waals surface area contributed by atoms with Crippen LogP contribution < -0.4 is 0 Å². The van der Waals surface area contributed by atoms with Gasteiger partial charge in [-0.2, -0.15) is 0 Å². The van der Waals surface area contributed by atoms with E-state index in [1.807, 2.05) is 0 Å². The third-order valence-corrected chi connectivity index (χ3v) is 3.14. The van der Waals surface area contributed by atoms with Gasteiger partial charge in [-0.1, -0.05) is 6.92 Å². The highest BCUT2D eigenvalue weighted by Gasteiger charge is 2.40. The minimum atomic E-state index is 0.881. The molecule has 0 N–H and O–H groups in total. The first kappa shape index (κ1) is 7.56. The molecule has 0 aromatic heterocycles. The fraction of sp³-hybridized carbons (Fsp3) is 1.00. The van der Waals surface area contributed by atoms with Gasteiger partial charge >= 0.3 is 0 Å². The molecule has 64 valence electrons. The van der Waals surface area contributed by atoms with Crippen LogP contribution in [0.15, 0.2) is 0 Å². The number of fused-ring (bicyclic) bond motifs is 2. The van der Waals surface area contributed by atoms with Gasteiger partial charge in [-0.3, -0.25) is 4.90 Å². The normalized spacial score (nSPS) is 38.7. The van der Waals surface area contributed by atoms with Crippen LogP contribution in [-0.4, -0.2) is 48.6 Å². The maximum absolute atomic E-state index is 2.66. The smallest absolute Gasteiger partial charge is 0.0239 e. The van der Waals surface area contributed by atoms with E-state index in [2.05, 4.69) is 23.8 Å². The van der Waals surface area contributed by atoms with E-state index in [9.17, 15) is 0 Å². The molecule has 2 heteroatoms. The molecule has 2 atom stereocenters. The van der Waals surface area contributed by atoms with Crippen molar-refractivity contribution in [1.29, 1.82) is 0 Å². The summed E-state index contributed by atoms with van der Waals surface area (Å²) in [6.07, 6.45) is 2.74. The first-order valence-corrected chi connectivity index (χ1v) is 4.75. The molecular formula is C9H18N2. The molecule has 0 saturated carbocycles. The molecule has 2 aliphatic heterocycles. The van der Waals surface area contributed by atoms with Crippen molar-refractivity contribution in [2.75, 3.05) is 26.7 Å². The van der Waals surface area contributed by atoms with E-state index in [-0.39, 0.29) is 0 Å². The van der Waals surface area contributed by atoms with Crippen LogP contribution in [0.4, 0.5) is 0 Å². The van der Waals surface area contributed by atoms with Crippen molar-refractivity contribution in [2.45, 2.75) is 31.8 Å². The predicted octanol–water partition coefficient (Wildman–Crippen LogP) is 0.785. The zero-order chi connectivity index (χ0) is 7.84. The Labute approximate surface area is 69.2 Å². The molecule has 2 fully saturated rings. The molecule has 0 radical (unpaired) electrons. The monoisotopic (exact) mass is 154 g/mol. The Balaban J connectivity index is 1.92. The van der Waals surface area contributed by atoms with Crippen molar-refractivity contribution in [3.63, 3.8) is 0 Å². The summed E-state index contributed by atoms with van der Waals surface area (Å²) < 4.78 is 0. The van der Waals surface area contributed by atoms with E-state index in [1.165, 1.54) is 32.5 Å². The summed E-state index contributed by atoms with van der Waals surface area (Å²) in [7, 11) is 2.26. The summed E-state index contributed by atoms with van der Waals surface area (Å²) in [5, 5.41) is 0. The molecular weight excluding hydrogens is 136 g/mol. The quantitative estimate of drug-likeness (QED) is 0.580. The molecule has 0 aliphatic carbocycles. The average molecular weight is 154 g/mol. The van der Waals surface area contributed by atoms with E-state index in [1.54, 1.807) is 0 Å². The van der Waals surface area contributed by atoms with Crippen molar-refractivity contribution in [1.82, 2.24) is 9.80 Å². The Kier molecular flexibility index (Phi) is 1.90. The maximum Gasteiger partial charge on any atom is 0.0239 e. The summed E-state index contributed by atoms with van der Waals surface area (Å²) in [4.78, 5) is 5.17. The lowest BCUT2D eigenvalue weighted by molar-refractivity contribution is 0.150. The second kappa shape index (κ2) is 2.76. The molecule has 0 amide bonds. The zero-order valence-corrected chi connectivity index (χ0v) is 7.58. The van der Waals surface area contributed by atoms with Gasteiger partial charge < -0.3 is 4.90 Å². The average Bonchev–Trinajstić information content (AvgIpc) is 2.47. The minimum absolute atomic E-state index is 0.881. The fourth-order valence-electron chi connectivity index (χ4n) is 2.51. The Bertz CT molecular complexity index is 144. The second-order valence-electron chi connectivity index (χ2n) is 3.98. The van der Waals surface area contributed by atoms with Crippen LogP contribution in [0, 0.1) is 0 Å². The fourth-order valence-corrected chi connectivity index (χ4v) is 2.51. The van der Waals surface area contributed by atoms with Crippen LogP contribution in [0.25, 0.3) is 0 Å². The van der Waals surface area contributed by atoms with Crippen LogP contribution in [0.3, 0.4) is 0 Å². The van der Waals surface area contributed by atoms with E-state index in [4.69, 9.17) is 0 Å². The summed E-state index contributed by atoms with van der Waals surface area (Å²) in [6, 6.07) is 1.77. The highest BCUT2D eigenvalue weighted by atomic mass is 15.3. The third-order valence-electron chi connectivity index (χ3n) is 3.14. The number of nitrogens with zero attached hydrogens (tertiary/aromatic N) is 2. The lowest BCUT2D eigenvalue weighted by Gasteiger charge is -2.31. The van der Waals surface area contributed by atoms with Gasteiger partial charge in [0.2, 0.25) is 0 Å². The van der Waals surface area contributed by atoms with Gasteiger partial charge in [0.15, 0.2) is 0 Å². The number of hydrogen-bond donors (Lipinski definition) is 0. The van der Waals surface area contributed by atoms with Crippen LogP contribution >= 0.6 is 0 Å². The maximum atomic E-state index is 2.66. The molecule has 2 aliphatic rings. The lowest BCUT2D eigenvalue weighted by Crippen LogP contribution is -2.44. The summed E-state index contributed by atoms with van der Waals surface area (Å²) in [6.45, 7) is 6.23. The van der Waals surface area contributed by atoms with Crippen molar-refractivity contribution in [2.24, 2.45) is 0 Å². The molecule has 2 nitrogen and oxygen atoms in total. The minimum Gasteiger partial charge on any atom is -0.301 e. The van der Waals surface area contributed by atoms with Gasteiger partial charge in [0, 0.05) is 25.2 Å². The highest BCUT2D eigenvalue weighted by molar-refractivity contribution is 4.97. The van der Waals surface area contributed by atoms with Gasteiger partial charge in [0.25, 0.3) is 0 Å². The zero-order valence-electron chi connectivity index (χ0n) is 7.58. The molecule has 2 bridgehead atoms. The predicted molar refractivity (Wildman–Crippen MR) is 46.7 cm³/mol. The Morgan fingerprint density at radius 2 is 2.09 bits per heavy atom. The molecule has 2 saturated heterocycles. The second-order valence-corrected chi connectivity index (χ2v) is 3.98. The van der Waals surface area contributed by atoms with E-state index >= 15 is 0 Å². The SMILES string of the molecule is CCCN1C[C@H]2CC1CN2C. The molecule has 0 spiro atoms. The van der Waals surface area contributed by atoms with E-state index < -0.39 is 0 Å². The summed E-state index contributed by atoms with van der Waals surface area (Å²) >= 11 is 0. The van der Waals surface area contributed by atoms with E-state index in [0.29, 0.717) is 0 Å². The van der Waals surface area contributed by atoms with E-state index in [0.717, 1.165) is 12.1 Å². The van der Waals surface area contributed by atoms with Crippen molar-refractivity contribution in [3.05, 3.63) is 0 Å². The first-order chi connectivity index (χ1) is 5.31. The number of hydrogen-bond acceptors (Lipinski definition) is 2. The van der Waals surface area contributed by atoms with Crippen LogP contribution in [0.2, 0.25) is 0 Å². The Morgan fingerprint density at radius 3 is 2.55 bits per heavy atom. The van der Waals surface area contributed by atoms with Gasteiger partial charge in [-0.25, -0.2) is 0 Å². The van der Waals surface area contributed by atoms with Gasteiger partial charge in [-0.05, 0) is 26.4 Å².